The highest BCUT2D eigenvalue weighted by atomic mass is 35.5. The molecular weight excluding hydrogens is 206 g/mol. The van der Waals surface area contributed by atoms with Crippen molar-refractivity contribution < 1.29 is 0 Å². The predicted molar refractivity (Wildman–Crippen MR) is 65.5 cm³/mol. The van der Waals surface area contributed by atoms with E-state index in [-0.39, 0.29) is 0 Å². The SMILES string of the molecule is CCc1ccc2cc(CC)c(Cl)nc2c1. The summed E-state index contributed by atoms with van der Waals surface area (Å²) in [6, 6.07) is 8.51. The van der Waals surface area contributed by atoms with Crippen LogP contribution in [0.25, 0.3) is 10.9 Å². The number of nitrogens with zero attached hydrogens (tertiary/aromatic N) is 1. The molecule has 0 atom stereocenters. The number of hydrogen-bond acceptors (Lipinski definition) is 1. The maximum absolute atomic E-state index is 6.09. The number of fused-ring (bicyclic) bond motifs is 1. The van der Waals surface area contributed by atoms with E-state index in [2.05, 4.69) is 43.1 Å². The molecule has 0 fully saturated rings. The van der Waals surface area contributed by atoms with E-state index in [1.807, 2.05) is 0 Å². The number of pyridine rings is 1. The topological polar surface area (TPSA) is 12.9 Å². The first kappa shape index (κ1) is 10.4. The first-order valence-corrected chi connectivity index (χ1v) is 5.70. The predicted octanol–water partition coefficient (Wildman–Crippen LogP) is 4.01. The molecule has 2 rings (SSSR count). The van der Waals surface area contributed by atoms with E-state index in [1.54, 1.807) is 0 Å². The van der Waals surface area contributed by atoms with Crippen molar-refractivity contribution in [1.82, 2.24) is 4.98 Å². The average molecular weight is 220 g/mol. The van der Waals surface area contributed by atoms with Crippen LogP contribution in [0, 0.1) is 0 Å². The van der Waals surface area contributed by atoms with Gasteiger partial charge in [-0.05, 0) is 36.1 Å². The molecule has 2 aromatic rings. The molecule has 0 bridgehead atoms. The van der Waals surface area contributed by atoms with Crippen LogP contribution < -0.4 is 0 Å². The molecular formula is C13H14ClN. The lowest BCUT2D eigenvalue weighted by Gasteiger charge is -2.05. The molecule has 0 radical (unpaired) electrons. The van der Waals surface area contributed by atoms with E-state index in [0.29, 0.717) is 5.15 Å². The lowest BCUT2D eigenvalue weighted by molar-refractivity contribution is 1.11. The Labute approximate surface area is 95.1 Å². The number of rotatable bonds is 2. The van der Waals surface area contributed by atoms with Crippen LogP contribution in [0.15, 0.2) is 24.3 Å². The fraction of sp³-hybridized carbons (Fsp3) is 0.308. The van der Waals surface area contributed by atoms with Gasteiger partial charge in [0.15, 0.2) is 0 Å². The summed E-state index contributed by atoms with van der Waals surface area (Å²) in [5, 5.41) is 1.81. The molecule has 0 saturated heterocycles. The van der Waals surface area contributed by atoms with Gasteiger partial charge >= 0.3 is 0 Å². The van der Waals surface area contributed by atoms with Crippen LogP contribution in [0.1, 0.15) is 25.0 Å². The highest BCUT2D eigenvalue weighted by Crippen LogP contribution is 2.22. The van der Waals surface area contributed by atoms with Crippen molar-refractivity contribution in [3.63, 3.8) is 0 Å². The lowest BCUT2D eigenvalue weighted by Crippen LogP contribution is -1.89. The minimum Gasteiger partial charge on any atom is -0.236 e. The summed E-state index contributed by atoms with van der Waals surface area (Å²) in [6.07, 6.45) is 1.96. The molecule has 1 nitrogen and oxygen atoms in total. The second kappa shape index (κ2) is 4.19. The van der Waals surface area contributed by atoms with Crippen molar-refractivity contribution in [3.05, 3.63) is 40.5 Å². The zero-order valence-electron chi connectivity index (χ0n) is 9.05. The van der Waals surface area contributed by atoms with Crippen molar-refractivity contribution in [1.29, 1.82) is 0 Å². The van der Waals surface area contributed by atoms with Crippen LogP contribution in [-0.2, 0) is 12.8 Å². The Morgan fingerprint density at radius 1 is 1.13 bits per heavy atom. The Morgan fingerprint density at radius 2 is 1.93 bits per heavy atom. The third-order valence-electron chi connectivity index (χ3n) is 2.70. The van der Waals surface area contributed by atoms with Crippen molar-refractivity contribution >= 4 is 22.5 Å². The standard InChI is InChI=1S/C13H14ClN/c1-3-9-5-6-11-8-10(4-2)13(14)15-12(11)7-9/h5-8H,3-4H2,1-2H3. The van der Waals surface area contributed by atoms with Gasteiger partial charge in [-0.3, -0.25) is 0 Å². The highest BCUT2D eigenvalue weighted by Gasteiger charge is 2.03. The van der Waals surface area contributed by atoms with Crippen LogP contribution in [-0.4, -0.2) is 4.98 Å². The molecule has 0 aliphatic heterocycles. The molecule has 0 spiro atoms. The molecule has 15 heavy (non-hydrogen) atoms. The molecule has 78 valence electrons. The monoisotopic (exact) mass is 219 g/mol. The molecule has 1 aromatic heterocycles. The Morgan fingerprint density at radius 3 is 2.60 bits per heavy atom. The minimum absolute atomic E-state index is 0.637. The van der Waals surface area contributed by atoms with E-state index in [9.17, 15) is 0 Å². The Hall–Kier alpha value is -1.08. The Bertz CT molecular complexity index is 491. The molecule has 1 aromatic carbocycles. The quantitative estimate of drug-likeness (QED) is 0.696. The molecule has 0 unspecified atom stereocenters. The summed E-state index contributed by atoms with van der Waals surface area (Å²) in [5.74, 6) is 0. The van der Waals surface area contributed by atoms with Gasteiger partial charge in [0.05, 0.1) is 5.52 Å². The van der Waals surface area contributed by atoms with Gasteiger partial charge in [-0.2, -0.15) is 0 Å². The summed E-state index contributed by atoms with van der Waals surface area (Å²) >= 11 is 6.09. The fourth-order valence-corrected chi connectivity index (χ4v) is 1.98. The van der Waals surface area contributed by atoms with Crippen LogP contribution in [0.2, 0.25) is 5.15 Å². The van der Waals surface area contributed by atoms with Crippen LogP contribution in [0.4, 0.5) is 0 Å². The first-order valence-electron chi connectivity index (χ1n) is 5.32. The lowest BCUT2D eigenvalue weighted by atomic mass is 10.1. The van der Waals surface area contributed by atoms with Crippen LogP contribution >= 0.6 is 11.6 Å². The third-order valence-corrected chi connectivity index (χ3v) is 3.02. The minimum atomic E-state index is 0.637. The van der Waals surface area contributed by atoms with Gasteiger partial charge in [0.25, 0.3) is 0 Å². The zero-order chi connectivity index (χ0) is 10.8. The number of hydrogen-bond donors (Lipinski definition) is 0. The van der Waals surface area contributed by atoms with Crippen molar-refractivity contribution in [2.75, 3.05) is 0 Å². The van der Waals surface area contributed by atoms with E-state index >= 15 is 0 Å². The number of aryl methyl sites for hydroxylation is 2. The molecule has 1 heterocycles. The van der Waals surface area contributed by atoms with E-state index < -0.39 is 0 Å². The van der Waals surface area contributed by atoms with Gasteiger partial charge in [-0.15, -0.1) is 0 Å². The van der Waals surface area contributed by atoms with Gasteiger partial charge in [0.2, 0.25) is 0 Å². The molecule has 2 heteroatoms. The largest absolute Gasteiger partial charge is 0.236 e. The van der Waals surface area contributed by atoms with Gasteiger partial charge in [0.1, 0.15) is 5.15 Å². The van der Waals surface area contributed by atoms with E-state index in [1.165, 1.54) is 10.9 Å². The molecule has 0 aliphatic rings. The Kier molecular flexibility index (Phi) is 2.92. The van der Waals surface area contributed by atoms with E-state index in [4.69, 9.17) is 11.6 Å². The molecule has 0 aliphatic carbocycles. The summed E-state index contributed by atoms with van der Waals surface area (Å²) in [6.45, 7) is 4.23. The number of benzene rings is 1. The second-order valence-electron chi connectivity index (χ2n) is 3.67. The second-order valence-corrected chi connectivity index (χ2v) is 4.03. The third kappa shape index (κ3) is 1.98. The summed E-state index contributed by atoms with van der Waals surface area (Å²) in [7, 11) is 0. The number of halogens is 1. The summed E-state index contributed by atoms with van der Waals surface area (Å²) < 4.78 is 0. The van der Waals surface area contributed by atoms with Crippen molar-refractivity contribution in [2.45, 2.75) is 26.7 Å². The molecule has 0 saturated carbocycles. The maximum atomic E-state index is 6.09. The van der Waals surface area contributed by atoms with Crippen LogP contribution in [0.5, 0.6) is 0 Å². The Balaban J connectivity index is 2.65. The molecule has 0 N–H and O–H groups in total. The van der Waals surface area contributed by atoms with Crippen molar-refractivity contribution in [3.8, 4) is 0 Å². The number of aromatic nitrogens is 1. The van der Waals surface area contributed by atoms with E-state index in [0.717, 1.165) is 23.9 Å². The highest BCUT2D eigenvalue weighted by molar-refractivity contribution is 6.30. The smallest absolute Gasteiger partial charge is 0.132 e. The van der Waals surface area contributed by atoms with Gasteiger partial charge in [-0.25, -0.2) is 4.98 Å². The average Bonchev–Trinajstić information content (AvgIpc) is 2.27. The molecule has 0 amide bonds. The fourth-order valence-electron chi connectivity index (χ4n) is 1.70. The van der Waals surface area contributed by atoms with Gasteiger partial charge in [0, 0.05) is 5.39 Å². The van der Waals surface area contributed by atoms with Gasteiger partial charge in [-0.1, -0.05) is 37.6 Å². The maximum Gasteiger partial charge on any atom is 0.132 e. The van der Waals surface area contributed by atoms with Crippen molar-refractivity contribution in [2.24, 2.45) is 0 Å². The zero-order valence-corrected chi connectivity index (χ0v) is 9.80. The summed E-state index contributed by atoms with van der Waals surface area (Å²) in [4.78, 5) is 4.42. The summed E-state index contributed by atoms with van der Waals surface area (Å²) in [5.41, 5.74) is 3.42. The van der Waals surface area contributed by atoms with Gasteiger partial charge < -0.3 is 0 Å². The normalized spacial score (nSPS) is 10.9. The first-order chi connectivity index (χ1) is 7.24. The van der Waals surface area contributed by atoms with Crippen LogP contribution in [0.3, 0.4) is 0 Å².